The van der Waals surface area contributed by atoms with Gasteiger partial charge >= 0.3 is 0 Å². The summed E-state index contributed by atoms with van der Waals surface area (Å²) in [5.41, 5.74) is 0.827. The Hall–Kier alpha value is -2.35. The molecule has 2 N–H and O–H groups in total. The van der Waals surface area contributed by atoms with Gasteiger partial charge in [-0.15, -0.1) is 0 Å². The molecule has 1 aromatic carbocycles. The van der Waals surface area contributed by atoms with Crippen LogP contribution in [-0.2, 0) is 9.53 Å². The molecular weight excluding hydrogens is 463 g/mol. The van der Waals surface area contributed by atoms with Crippen molar-refractivity contribution in [1.29, 1.82) is 0 Å². The first-order valence-electron chi connectivity index (χ1n) is 11.1. The SMILES string of the molecule is CC(C)CC(NC(=O)c1ccc(Cl)cc1Cl)C(=O)Nc1ccc(N2CC(C)OC(C)C2)nc1. The van der Waals surface area contributed by atoms with Crippen LogP contribution in [0.4, 0.5) is 11.5 Å². The molecule has 2 aromatic rings. The Morgan fingerprint density at radius 3 is 2.42 bits per heavy atom. The van der Waals surface area contributed by atoms with Crippen LogP contribution in [-0.4, -0.2) is 48.1 Å². The second kappa shape index (κ2) is 11.2. The monoisotopic (exact) mass is 492 g/mol. The molecule has 3 atom stereocenters. The van der Waals surface area contributed by atoms with Crippen LogP contribution < -0.4 is 15.5 Å². The molecule has 1 aliphatic rings. The molecule has 0 aliphatic carbocycles. The number of nitrogens with zero attached hydrogens (tertiary/aromatic N) is 2. The predicted octanol–water partition coefficient (Wildman–Crippen LogP) is 4.79. The summed E-state index contributed by atoms with van der Waals surface area (Å²) in [6, 6.07) is 7.59. The number of rotatable bonds is 7. The summed E-state index contributed by atoms with van der Waals surface area (Å²) in [6.07, 6.45) is 2.36. The molecule has 33 heavy (non-hydrogen) atoms. The van der Waals surface area contributed by atoms with Crippen LogP contribution in [0.1, 0.15) is 44.5 Å². The van der Waals surface area contributed by atoms with Crippen LogP contribution in [0, 0.1) is 5.92 Å². The van der Waals surface area contributed by atoms with E-state index >= 15 is 0 Å². The molecule has 7 nitrogen and oxygen atoms in total. The second-order valence-corrected chi connectivity index (χ2v) is 9.68. The van der Waals surface area contributed by atoms with E-state index in [0.29, 0.717) is 17.1 Å². The Kier molecular flexibility index (Phi) is 8.57. The van der Waals surface area contributed by atoms with Gasteiger partial charge in [0.25, 0.3) is 5.91 Å². The molecule has 1 fully saturated rings. The fourth-order valence-corrected chi connectivity index (χ4v) is 4.35. The number of nitrogens with one attached hydrogen (secondary N) is 2. The quantitative estimate of drug-likeness (QED) is 0.580. The van der Waals surface area contributed by atoms with Crippen LogP contribution in [0.2, 0.25) is 10.0 Å². The number of amides is 2. The van der Waals surface area contributed by atoms with E-state index in [1.165, 1.54) is 6.07 Å². The lowest BCUT2D eigenvalue weighted by atomic mass is 10.0. The summed E-state index contributed by atoms with van der Waals surface area (Å²) in [5.74, 6) is 0.277. The van der Waals surface area contributed by atoms with Crippen LogP contribution >= 0.6 is 23.2 Å². The number of hydrogen-bond acceptors (Lipinski definition) is 5. The number of aromatic nitrogens is 1. The van der Waals surface area contributed by atoms with Gasteiger partial charge in [0.1, 0.15) is 11.9 Å². The maximum Gasteiger partial charge on any atom is 0.253 e. The average molecular weight is 493 g/mol. The van der Waals surface area contributed by atoms with Crippen molar-refractivity contribution in [2.24, 2.45) is 5.92 Å². The third kappa shape index (κ3) is 7.06. The molecular formula is C24H30Cl2N4O3. The Bertz CT molecular complexity index is 974. The highest BCUT2D eigenvalue weighted by atomic mass is 35.5. The molecule has 2 heterocycles. The topological polar surface area (TPSA) is 83.6 Å². The molecule has 178 valence electrons. The molecule has 0 bridgehead atoms. The normalized spacial score (nSPS) is 19.3. The van der Waals surface area contributed by atoms with Gasteiger partial charge in [0, 0.05) is 18.1 Å². The third-order valence-electron chi connectivity index (χ3n) is 5.26. The number of halogens is 2. The highest BCUT2D eigenvalue weighted by Gasteiger charge is 2.25. The molecule has 3 rings (SSSR count). The average Bonchev–Trinajstić information content (AvgIpc) is 2.72. The van der Waals surface area contributed by atoms with Gasteiger partial charge in [-0.1, -0.05) is 37.0 Å². The lowest BCUT2D eigenvalue weighted by Gasteiger charge is -2.36. The number of anilines is 2. The molecule has 0 radical (unpaired) electrons. The van der Waals surface area contributed by atoms with Gasteiger partial charge in [-0.2, -0.15) is 0 Å². The van der Waals surface area contributed by atoms with Crippen molar-refractivity contribution in [3.8, 4) is 0 Å². The van der Waals surface area contributed by atoms with E-state index < -0.39 is 11.9 Å². The molecule has 1 aromatic heterocycles. The van der Waals surface area contributed by atoms with Crippen molar-refractivity contribution in [1.82, 2.24) is 10.3 Å². The fraction of sp³-hybridized carbons (Fsp3) is 0.458. The van der Waals surface area contributed by atoms with E-state index in [4.69, 9.17) is 27.9 Å². The largest absolute Gasteiger partial charge is 0.372 e. The maximum atomic E-state index is 13.0. The summed E-state index contributed by atoms with van der Waals surface area (Å²) < 4.78 is 5.77. The van der Waals surface area contributed by atoms with Crippen LogP contribution in [0.15, 0.2) is 36.5 Å². The van der Waals surface area contributed by atoms with E-state index in [0.717, 1.165) is 18.9 Å². The number of ether oxygens (including phenoxy) is 1. The van der Waals surface area contributed by atoms with Crippen LogP contribution in [0.5, 0.6) is 0 Å². The summed E-state index contributed by atoms with van der Waals surface area (Å²) >= 11 is 12.1. The van der Waals surface area contributed by atoms with E-state index in [9.17, 15) is 9.59 Å². The van der Waals surface area contributed by atoms with Gasteiger partial charge in [0.15, 0.2) is 0 Å². The lowest BCUT2D eigenvalue weighted by molar-refractivity contribution is -0.118. The molecule has 1 aliphatic heterocycles. The lowest BCUT2D eigenvalue weighted by Crippen LogP contribution is -2.46. The Morgan fingerprint density at radius 2 is 1.85 bits per heavy atom. The van der Waals surface area contributed by atoms with Crippen molar-refractivity contribution in [2.45, 2.75) is 52.4 Å². The van der Waals surface area contributed by atoms with Crippen LogP contribution in [0.25, 0.3) is 0 Å². The highest BCUT2D eigenvalue weighted by Crippen LogP contribution is 2.22. The fourth-order valence-electron chi connectivity index (χ4n) is 3.85. The van der Waals surface area contributed by atoms with E-state index in [-0.39, 0.29) is 34.6 Å². The van der Waals surface area contributed by atoms with Crippen LogP contribution in [0.3, 0.4) is 0 Å². The first-order chi connectivity index (χ1) is 15.6. The van der Waals surface area contributed by atoms with E-state index in [1.807, 2.05) is 39.8 Å². The number of carbonyl (C=O) groups is 2. The molecule has 0 saturated carbocycles. The molecule has 9 heteroatoms. The third-order valence-corrected chi connectivity index (χ3v) is 5.81. The van der Waals surface area contributed by atoms with E-state index in [1.54, 1.807) is 18.3 Å². The number of morpholine rings is 1. The van der Waals surface area contributed by atoms with Crippen molar-refractivity contribution in [3.63, 3.8) is 0 Å². The number of carbonyl (C=O) groups excluding carboxylic acids is 2. The minimum Gasteiger partial charge on any atom is -0.372 e. The zero-order valence-electron chi connectivity index (χ0n) is 19.3. The molecule has 1 saturated heterocycles. The summed E-state index contributed by atoms with van der Waals surface area (Å²) in [5, 5.41) is 6.33. The second-order valence-electron chi connectivity index (χ2n) is 8.84. The standard InChI is InChI=1S/C24H30Cl2N4O3/c1-14(2)9-21(29-23(31)19-7-5-17(25)10-20(19)26)24(32)28-18-6-8-22(27-11-18)30-12-15(3)33-16(4)13-30/h5-8,10-11,14-16,21H,9,12-13H2,1-4H3,(H,28,32)(H,29,31). The maximum absolute atomic E-state index is 13.0. The first-order valence-corrected chi connectivity index (χ1v) is 11.8. The molecule has 0 spiro atoms. The van der Waals surface area contributed by atoms with Gasteiger partial charge in [-0.05, 0) is 56.5 Å². The number of hydrogen-bond donors (Lipinski definition) is 2. The van der Waals surface area contributed by atoms with Gasteiger partial charge in [-0.3, -0.25) is 9.59 Å². The Morgan fingerprint density at radius 1 is 1.15 bits per heavy atom. The molecule has 3 unspecified atom stereocenters. The highest BCUT2D eigenvalue weighted by molar-refractivity contribution is 6.36. The summed E-state index contributed by atoms with van der Waals surface area (Å²) in [7, 11) is 0. The zero-order valence-corrected chi connectivity index (χ0v) is 20.8. The molecule has 2 amide bonds. The van der Waals surface area contributed by atoms with Crippen molar-refractivity contribution in [2.75, 3.05) is 23.3 Å². The van der Waals surface area contributed by atoms with Crippen molar-refractivity contribution >= 4 is 46.5 Å². The minimum absolute atomic E-state index is 0.129. The van der Waals surface area contributed by atoms with Gasteiger partial charge in [0.05, 0.1) is 34.7 Å². The van der Waals surface area contributed by atoms with Crippen molar-refractivity contribution in [3.05, 3.63) is 52.1 Å². The number of pyridine rings is 1. The van der Waals surface area contributed by atoms with Crippen molar-refractivity contribution < 1.29 is 14.3 Å². The summed E-state index contributed by atoms with van der Waals surface area (Å²) in [4.78, 5) is 32.4. The Labute approximate surface area is 204 Å². The zero-order chi connectivity index (χ0) is 24.1. The van der Waals surface area contributed by atoms with Gasteiger partial charge < -0.3 is 20.3 Å². The minimum atomic E-state index is -0.732. The van der Waals surface area contributed by atoms with Gasteiger partial charge in [-0.25, -0.2) is 4.98 Å². The van der Waals surface area contributed by atoms with Gasteiger partial charge in [0.2, 0.25) is 5.91 Å². The first kappa shape index (κ1) is 25.3. The summed E-state index contributed by atoms with van der Waals surface area (Å²) in [6.45, 7) is 9.58. The Balaban J connectivity index is 1.67. The predicted molar refractivity (Wildman–Crippen MR) is 132 cm³/mol. The number of benzene rings is 1. The van der Waals surface area contributed by atoms with E-state index in [2.05, 4.69) is 20.5 Å². The smallest absolute Gasteiger partial charge is 0.253 e.